The first kappa shape index (κ1) is 10.7. The van der Waals surface area contributed by atoms with Gasteiger partial charge in [0.2, 0.25) is 5.88 Å². The Morgan fingerprint density at radius 3 is 2.67 bits per heavy atom. The van der Waals surface area contributed by atoms with Crippen LogP contribution in [0.25, 0.3) is 10.6 Å². The van der Waals surface area contributed by atoms with E-state index in [0.29, 0.717) is 15.9 Å². The first-order valence-corrected chi connectivity index (χ1v) is 5.79. The van der Waals surface area contributed by atoms with Crippen molar-refractivity contribution in [1.29, 1.82) is 0 Å². The molecule has 2 nitrogen and oxygen atoms in total. The van der Waals surface area contributed by atoms with Gasteiger partial charge >= 0.3 is 0 Å². The molecule has 78 valence electrons. The van der Waals surface area contributed by atoms with Crippen molar-refractivity contribution in [3.8, 4) is 16.5 Å². The second-order valence-corrected chi connectivity index (χ2v) is 4.50. The van der Waals surface area contributed by atoms with Crippen molar-refractivity contribution in [3.63, 3.8) is 0 Å². The average molecular weight is 260 g/mol. The van der Waals surface area contributed by atoms with E-state index in [9.17, 15) is 0 Å². The molecule has 0 fully saturated rings. The van der Waals surface area contributed by atoms with Gasteiger partial charge in [0.1, 0.15) is 5.01 Å². The number of rotatable bonds is 2. The molecule has 0 saturated carbocycles. The Balaban J connectivity index is 2.40. The van der Waals surface area contributed by atoms with Crippen LogP contribution in [0.5, 0.6) is 5.88 Å². The largest absolute Gasteiger partial charge is 0.480 e. The van der Waals surface area contributed by atoms with Crippen molar-refractivity contribution in [2.75, 3.05) is 7.11 Å². The Morgan fingerprint density at radius 1 is 1.27 bits per heavy atom. The lowest BCUT2D eigenvalue weighted by Crippen LogP contribution is -1.82. The maximum absolute atomic E-state index is 5.92. The fourth-order valence-corrected chi connectivity index (χ4v) is 2.18. The van der Waals surface area contributed by atoms with Gasteiger partial charge in [-0.2, -0.15) is 0 Å². The zero-order valence-electron chi connectivity index (χ0n) is 7.83. The molecule has 0 radical (unpaired) electrons. The minimum atomic E-state index is 0.531. The molecule has 0 atom stereocenters. The molecule has 0 spiro atoms. The monoisotopic (exact) mass is 259 g/mol. The highest BCUT2D eigenvalue weighted by Crippen LogP contribution is 2.31. The number of methoxy groups -OCH3 is 1. The lowest BCUT2D eigenvalue weighted by Gasteiger charge is -1.98. The molecule has 0 amide bonds. The van der Waals surface area contributed by atoms with Crippen molar-refractivity contribution in [3.05, 3.63) is 33.6 Å². The summed E-state index contributed by atoms with van der Waals surface area (Å²) < 4.78 is 5.01. The standard InChI is InChI=1S/C10H7Cl2NOS/c1-14-9-5-15-10(13-9)6-2-3-7(11)8(12)4-6/h2-5H,1H3. The minimum Gasteiger partial charge on any atom is -0.480 e. The molecule has 5 heteroatoms. The highest BCUT2D eigenvalue weighted by molar-refractivity contribution is 7.13. The maximum Gasteiger partial charge on any atom is 0.224 e. The number of hydrogen-bond acceptors (Lipinski definition) is 3. The van der Waals surface area contributed by atoms with Crippen LogP contribution in [0.2, 0.25) is 10.0 Å². The van der Waals surface area contributed by atoms with Crippen molar-refractivity contribution >= 4 is 34.5 Å². The van der Waals surface area contributed by atoms with Gasteiger partial charge in [-0.3, -0.25) is 0 Å². The van der Waals surface area contributed by atoms with E-state index in [0.717, 1.165) is 10.6 Å². The SMILES string of the molecule is COc1csc(-c2ccc(Cl)c(Cl)c2)n1. The summed E-state index contributed by atoms with van der Waals surface area (Å²) in [6.07, 6.45) is 0. The van der Waals surface area contributed by atoms with E-state index in [1.54, 1.807) is 19.2 Å². The predicted octanol–water partition coefficient (Wildman–Crippen LogP) is 4.13. The highest BCUT2D eigenvalue weighted by atomic mass is 35.5. The molecule has 0 saturated heterocycles. The molecular weight excluding hydrogens is 253 g/mol. The van der Waals surface area contributed by atoms with Gasteiger partial charge in [0.25, 0.3) is 0 Å². The van der Waals surface area contributed by atoms with Crippen LogP contribution in [0.4, 0.5) is 0 Å². The van der Waals surface area contributed by atoms with Gasteiger partial charge in [0, 0.05) is 5.56 Å². The van der Waals surface area contributed by atoms with Gasteiger partial charge in [-0.05, 0) is 12.1 Å². The fraction of sp³-hybridized carbons (Fsp3) is 0.100. The normalized spacial score (nSPS) is 10.3. The Morgan fingerprint density at radius 2 is 2.07 bits per heavy atom. The molecule has 0 aliphatic rings. The summed E-state index contributed by atoms with van der Waals surface area (Å²) in [5.41, 5.74) is 0.942. The highest BCUT2D eigenvalue weighted by Gasteiger charge is 2.06. The van der Waals surface area contributed by atoms with Gasteiger partial charge in [0.15, 0.2) is 0 Å². The van der Waals surface area contributed by atoms with Gasteiger partial charge in [-0.25, -0.2) is 4.98 Å². The molecule has 0 aliphatic carbocycles. The van der Waals surface area contributed by atoms with Crippen LogP contribution in [0, 0.1) is 0 Å². The molecular formula is C10H7Cl2NOS. The smallest absolute Gasteiger partial charge is 0.224 e. The van der Waals surface area contributed by atoms with E-state index in [4.69, 9.17) is 27.9 Å². The summed E-state index contributed by atoms with van der Waals surface area (Å²) in [7, 11) is 1.59. The van der Waals surface area contributed by atoms with Crippen molar-refractivity contribution < 1.29 is 4.74 Å². The van der Waals surface area contributed by atoms with Crippen molar-refractivity contribution in [1.82, 2.24) is 4.98 Å². The fourth-order valence-electron chi connectivity index (χ4n) is 1.11. The first-order valence-electron chi connectivity index (χ1n) is 4.15. The van der Waals surface area contributed by atoms with Gasteiger partial charge in [0.05, 0.1) is 22.5 Å². The number of nitrogens with zero attached hydrogens (tertiary/aromatic N) is 1. The zero-order chi connectivity index (χ0) is 10.8. The quantitative estimate of drug-likeness (QED) is 0.810. The van der Waals surface area contributed by atoms with Crippen LogP contribution < -0.4 is 4.74 Å². The maximum atomic E-state index is 5.92. The summed E-state index contributed by atoms with van der Waals surface area (Å²) in [5.74, 6) is 0.612. The summed E-state index contributed by atoms with van der Waals surface area (Å²) in [6, 6.07) is 5.43. The van der Waals surface area contributed by atoms with Gasteiger partial charge in [-0.15, -0.1) is 11.3 Å². The molecule has 1 heterocycles. The molecule has 0 N–H and O–H groups in total. The van der Waals surface area contributed by atoms with Crippen molar-refractivity contribution in [2.45, 2.75) is 0 Å². The zero-order valence-corrected chi connectivity index (χ0v) is 10.2. The topological polar surface area (TPSA) is 22.1 Å². The third-order valence-electron chi connectivity index (χ3n) is 1.86. The summed E-state index contributed by atoms with van der Waals surface area (Å²) in [5, 5.41) is 3.79. The van der Waals surface area contributed by atoms with E-state index >= 15 is 0 Å². The van der Waals surface area contributed by atoms with Crippen LogP contribution in [-0.2, 0) is 0 Å². The van der Waals surface area contributed by atoms with Crippen LogP contribution in [0.15, 0.2) is 23.6 Å². The van der Waals surface area contributed by atoms with Crippen molar-refractivity contribution in [2.24, 2.45) is 0 Å². The first-order chi connectivity index (χ1) is 7.20. The van der Waals surface area contributed by atoms with Crippen LogP contribution in [-0.4, -0.2) is 12.1 Å². The molecule has 1 aromatic carbocycles. The van der Waals surface area contributed by atoms with E-state index < -0.39 is 0 Å². The van der Waals surface area contributed by atoms with Crippen LogP contribution in [0.1, 0.15) is 0 Å². The molecule has 1 aromatic heterocycles. The Labute approximate surface area is 101 Å². The lowest BCUT2D eigenvalue weighted by molar-refractivity contribution is 0.401. The molecule has 0 unspecified atom stereocenters. The number of halogens is 2. The number of hydrogen-bond donors (Lipinski definition) is 0. The third-order valence-corrected chi connectivity index (χ3v) is 3.47. The Kier molecular flexibility index (Phi) is 3.14. The lowest BCUT2D eigenvalue weighted by atomic mass is 10.2. The second-order valence-electron chi connectivity index (χ2n) is 2.82. The number of benzene rings is 1. The van der Waals surface area contributed by atoms with Gasteiger partial charge in [-0.1, -0.05) is 29.3 Å². The third kappa shape index (κ3) is 2.25. The van der Waals surface area contributed by atoms with E-state index in [2.05, 4.69) is 4.98 Å². The average Bonchev–Trinajstić information content (AvgIpc) is 2.70. The van der Waals surface area contributed by atoms with E-state index in [1.807, 2.05) is 11.4 Å². The van der Waals surface area contributed by atoms with Crippen LogP contribution in [0.3, 0.4) is 0 Å². The molecule has 0 aliphatic heterocycles. The number of ether oxygens (including phenoxy) is 1. The molecule has 15 heavy (non-hydrogen) atoms. The molecule has 0 bridgehead atoms. The van der Waals surface area contributed by atoms with E-state index in [-0.39, 0.29) is 0 Å². The Bertz CT molecular complexity index is 484. The summed E-state index contributed by atoms with van der Waals surface area (Å²) >= 11 is 13.2. The minimum absolute atomic E-state index is 0.531. The summed E-state index contributed by atoms with van der Waals surface area (Å²) in [4.78, 5) is 4.26. The molecule has 2 rings (SSSR count). The van der Waals surface area contributed by atoms with Crippen LogP contribution >= 0.6 is 34.5 Å². The predicted molar refractivity (Wildman–Crippen MR) is 64.1 cm³/mol. The van der Waals surface area contributed by atoms with E-state index in [1.165, 1.54) is 11.3 Å². The number of thiazole rings is 1. The second kappa shape index (κ2) is 4.39. The number of aromatic nitrogens is 1. The molecule has 2 aromatic rings. The van der Waals surface area contributed by atoms with Gasteiger partial charge < -0.3 is 4.74 Å². The summed E-state index contributed by atoms with van der Waals surface area (Å²) in [6.45, 7) is 0. The Hall–Kier alpha value is -0.770.